The van der Waals surface area contributed by atoms with E-state index in [0.29, 0.717) is 18.7 Å². The number of pyridine rings is 2. The van der Waals surface area contributed by atoms with Crippen molar-refractivity contribution < 1.29 is 9.53 Å². The molecule has 21 heavy (non-hydrogen) atoms. The number of hydrogen-bond donors (Lipinski definition) is 0. The Labute approximate surface area is 122 Å². The van der Waals surface area contributed by atoms with E-state index in [2.05, 4.69) is 9.97 Å². The van der Waals surface area contributed by atoms with Crippen molar-refractivity contribution in [2.45, 2.75) is 12.8 Å². The molecule has 3 heterocycles. The van der Waals surface area contributed by atoms with E-state index >= 15 is 0 Å². The molecule has 3 aromatic rings. The molecule has 0 fully saturated rings. The number of ketones is 1. The third-order valence-electron chi connectivity index (χ3n) is 3.30. The van der Waals surface area contributed by atoms with Gasteiger partial charge in [0.2, 0.25) is 5.88 Å². The molecule has 0 amide bonds. The van der Waals surface area contributed by atoms with Crippen LogP contribution in [0.3, 0.4) is 0 Å². The number of Topliss-reactive ketones (excluding diaryl/α,β-unsaturated/α-hetero) is 1. The summed E-state index contributed by atoms with van der Waals surface area (Å²) in [5.41, 5.74) is 2.68. The highest BCUT2D eigenvalue weighted by Crippen LogP contribution is 2.11. The summed E-state index contributed by atoms with van der Waals surface area (Å²) in [5, 5.41) is 0. The van der Waals surface area contributed by atoms with Gasteiger partial charge in [-0.1, -0.05) is 12.1 Å². The van der Waals surface area contributed by atoms with Gasteiger partial charge in [-0.2, -0.15) is 0 Å². The summed E-state index contributed by atoms with van der Waals surface area (Å²) in [6.45, 7) is 0. The topological polar surface area (TPSA) is 56.5 Å². The fourth-order valence-corrected chi connectivity index (χ4v) is 2.28. The molecule has 0 radical (unpaired) electrons. The van der Waals surface area contributed by atoms with E-state index in [0.717, 1.165) is 16.9 Å². The highest BCUT2D eigenvalue weighted by Gasteiger charge is 2.09. The van der Waals surface area contributed by atoms with Gasteiger partial charge < -0.3 is 9.14 Å². The lowest BCUT2D eigenvalue weighted by atomic mass is 10.1. The Morgan fingerprint density at radius 2 is 2.10 bits per heavy atom. The molecule has 0 saturated heterocycles. The zero-order valence-corrected chi connectivity index (χ0v) is 11.7. The maximum Gasteiger partial charge on any atom is 0.212 e. The van der Waals surface area contributed by atoms with E-state index < -0.39 is 0 Å². The molecule has 3 aromatic heterocycles. The number of ether oxygens (including phenoxy) is 1. The molecule has 5 heteroatoms. The fraction of sp³-hybridized carbons (Fsp3) is 0.188. The quantitative estimate of drug-likeness (QED) is 0.718. The molecule has 0 aliphatic heterocycles. The minimum Gasteiger partial charge on any atom is -0.481 e. The van der Waals surface area contributed by atoms with Gasteiger partial charge in [-0.3, -0.25) is 4.79 Å². The van der Waals surface area contributed by atoms with Gasteiger partial charge in [-0.05, 0) is 17.7 Å². The molecule has 3 rings (SSSR count). The molecular formula is C16H15N3O2. The van der Waals surface area contributed by atoms with E-state index in [1.807, 2.05) is 34.9 Å². The largest absolute Gasteiger partial charge is 0.481 e. The van der Waals surface area contributed by atoms with Crippen molar-refractivity contribution in [3.8, 4) is 5.88 Å². The number of rotatable bonds is 5. The van der Waals surface area contributed by atoms with Gasteiger partial charge in [0.15, 0.2) is 0 Å². The molecular weight excluding hydrogens is 266 g/mol. The van der Waals surface area contributed by atoms with E-state index in [-0.39, 0.29) is 5.78 Å². The number of carbonyl (C=O) groups is 1. The Hall–Kier alpha value is -2.69. The van der Waals surface area contributed by atoms with Crippen molar-refractivity contribution in [1.29, 1.82) is 0 Å². The highest BCUT2D eigenvalue weighted by atomic mass is 16.5. The Morgan fingerprint density at radius 1 is 1.19 bits per heavy atom. The Morgan fingerprint density at radius 3 is 2.86 bits per heavy atom. The van der Waals surface area contributed by atoms with Crippen LogP contribution in [-0.4, -0.2) is 27.3 Å². The molecule has 0 unspecified atom stereocenters. The van der Waals surface area contributed by atoms with Gasteiger partial charge in [0.05, 0.1) is 7.11 Å². The van der Waals surface area contributed by atoms with Crippen molar-refractivity contribution in [3.63, 3.8) is 0 Å². The van der Waals surface area contributed by atoms with Crippen LogP contribution in [0.15, 0.2) is 48.9 Å². The van der Waals surface area contributed by atoms with Crippen molar-refractivity contribution in [1.82, 2.24) is 14.4 Å². The fourth-order valence-electron chi connectivity index (χ4n) is 2.28. The molecule has 106 valence electrons. The summed E-state index contributed by atoms with van der Waals surface area (Å²) in [5.74, 6) is 0.692. The Kier molecular flexibility index (Phi) is 3.64. The third-order valence-corrected chi connectivity index (χ3v) is 3.30. The van der Waals surface area contributed by atoms with E-state index in [1.165, 1.54) is 0 Å². The molecule has 0 aromatic carbocycles. The van der Waals surface area contributed by atoms with Crippen molar-refractivity contribution in [2.24, 2.45) is 0 Å². The first kappa shape index (κ1) is 13.3. The molecule has 0 saturated carbocycles. The second kappa shape index (κ2) is 5.75. The van der Waals surface area contributed by atoms with Crippen molar-refractivity contribution >= 4 is 11.4 Å². The minimum absolute atomic E-state index is 0.142. The second-order valence-corrected chi connectivity index (χ2v) is 4.77. The normalized spacial score (nSPS) is 10.7. The average Bonchev–Trinajstić information content (AvgIpc) is 2.97. The lowest BCUT2D eigenvalue weighted by Gasteiger charge is -2.05. The summed E-state index contributed by atoms with van der Waals surface area (Å²) < 4.78 is 6.94. The van der Waals surface area contributed by atoms with Crippen molar-refractivity contribution in [2.75, 3.05) is 7.11 Å². The van der Waals surface area contributed by atoms with Gasteiger partial charge in [0, 0.05) is 43.2 Å². The van der Waals surface area contributed by atoms with Crippen LogP contribution >= 0.6 is 0 Å². The van der Waals surface area contributed by atoms with Gasteiger partial charge in [0.1, 0.15) is 11.4 Å². The maximum absolute atomic E-state index is 12.2. The summed E-state index contributed by atoms with van der Waals surface area (Å²) in [4.78, 5) is 20.5. The van der Waals surface area contributed by atoms with Crippen LogP contribution in [-0.2, 0) is 17.6 Å². The highest BCUT2D eigenvalue weighted by molar-refractivity contribution is 5.82. The van der Waals surface area contributed by atoms with Crippen LogP contribution in [0, 0.1) is 0 Å². The molecule has 0 bridgehead atoms. The van der Waals surface area contributed by atoms with Crippen LogP contribution < -0.4 is 4.74 Å². The SMILES string of the molecule is COc1ccc(CC(=O)Cc2cccc3nccn23)cn1. The van der Waals surface area contributed by atoms with Gasteiger partial charge in [0.25, 0.3) is 0 Å². The van der Waals surface area contributed by atoms with Crippen LogP contribution in [0.5, 0.6) is 5.88 Å². The summed E-state index contributed by atoms with van der Waals surface area (Å²) in [6.07, 6.45) is 6.01. The first-order valence-corrected chi connectivity index (χ1v) is 6.68. The van der Waals surface area contributed by atoms with Crippen LogP contribution in [0.25, 0.3) is 5.65 Å². The second-order valence-electron chi connectivity index (χ2n) is 4.77. The predicted octanol–water partition coefficient (Wildman–Crippen LogP) is 2.09. The number of carbonyl (C=O) groups excluding carboxylic acids is 1. The number of nitrogens with zero attached hydrogens (tertiary/aromatic N) is 3. The molecule has 0 aliphatic rings. The molecule has 0 aliphatic carbocycles. The summed E-state index contributed by atoms with van der Waals surface area (Å²) in [6, 6.07) is 9.40. The van der Waals surface area contributed by atoms with Crippen LogP contribution in [0.2, 0.25) is 0 Å². The predicted molar refractivity (Wildman–Crippen MR) is 78.4 cm³/mol. The van der Waals surface area contributed by atoms with E-state index in [9.17, 15) is 4.79 Å². The van der Waals surface area contributed by atoms with Gasteiger partial charge in [-0.15, -0.1) is 0 Å². The first-order chi connectivity index (χ1) is 10.3. The lowest BCUT2D eigenvalue weighted by molar-refractivity contribution is -0.117. The standard InChI is InChI=1S/C16H15N3O2/c1-21-16-6-5-12(11-18-16)9-14(20)10-13-3-2-4-15-17-7-8-19(13)15/h2-8,11H,9-10H2,1H3. The monoisotopic (exact) mass is 281 g/mol. The van der Waals surface area contributed by atoms with E-state index in [4.69, 9.17) is 4.74 Å². The smallest absolute Gasteiger partial charge is 0.212 e. The number of fused-ring (bicyclic) bond motifs is 1. The van der Waals surface area contributed by atoms with Gasteiger partial charge in [-0.25, -0.2) is 9.97 Å². The number of hydrogen-bond acceptors (Lipinski definition) is 4. The average molecular weight is 281 g/mol. The molecule has 5 nitrogen and oxygen atoms in total. The molecule has 0 spiro atoms. The van der Waals surface area contributed by atoms with E-state index in [1.54, 1.807) is 25.6 Å². The lowest BCUT2D eigenvalue weighted by Crippen LogP contribution is -2.09. The van der Waals surface area contributed by atoms with Crippen LogP contribution in [0.4, 0.5) is 0 Å². The Balaban J connectivity index is 1.72. The van der Waals surface area contributed by atoms with Gasteiger partial charge >= 0.3 is 0 Å². The third kappa shape index (κ3) is 2.91. The first-order valence-electron chi connectivity index (χ1n) is 6.68. The molecule has 0 atom stereocenters. The van der Waals surface area contributed by atoms with Crippen LogP contribution in [0.1, 0.15) is 11.3 Å². The summed E-state index contributed by atoms with van der Waals surface area (Å²) in [7, 11) is 1.57. The number of methoxy groups -OCH3 is 1. The number of aromatic nitrogens is 3. The zero-order valence-electron chi connectivity index (χ0n) is 11.7. The Bertz CT molecular complexity index is 763. The number of imidazole rings is 1. The van der Waals surface area contributed by atoms with Crippen molar-refractivity contribution in [3.05, 3.63) is 60.2 Å². The summed E-state index contributed by atoms with van der Waals surface area (Å²) >= 11 is 0. The zero-order chi connectivity index (χ0) is 14.7. The molecule has 0 N–H and O–H groups in total. The minimum atomic E-state index is 0.142. The maximum atomic E-state index is 12.2.